The molecular formula is C25H27FN4. The molecule has 0 radical (unpaired) electrons. The van der Waals surface area contributed by atoms with Gasteiger partial charge in [-0.05, 0) is 72.7 Å². The molecule has 5 heteroatoms. The Bertz CT molecular complexity index is 1050. The largest absolute Gasteiger partial charge is 0.308 e. The van der Waals surface area contributed by atoms with Crippen molar-refractivity contribution in [3.05, 3.63) is 83.2 Å². The molecule has 0 spiro atoms. The summed E-state index contributed by atoms with van der Waals surface area (Å²) in [6.07, 6.45) is 7.90. The number of aryl methyl sites for hydroxylation is 1. The van der Waals surface area contributed by atoms with Crippen molar-refractivity contribution in [2.75, 3.05) is 13.6 Å². The van der Waals surface area contributed by atoms with Crippen molar-refractivity contribution < 1.29 is 4.39 Å². The topological polar surface area (TPSA) is 41.1 Å². The number of nitrogens with one attached hydrogen (secondary N) is 1. The Morgan fingerprint density at radius 2 is 2.00 bits per heavy atom. The first-order chi connectivity index (χ1) is 14.7. The van der Waals surface area contributed by atoms with Gasteiger partial charge in [-0.2, -0.15) is 4.39 Å². The van der Waals surface area contributed by atoms with E-state index in [1.54, 1.807) is 6.20 Å². The third-order valence-corrected chi connectivity index (χ3v) is 6.55. The van der Waals surface area contributed by atoms with Crippen LogP contribution in [0.5, 0.6) is 0 Å². The third kappa shape index (κ3) is 3.75. The maximum Gasteiger partial charge on any atom is 0.213 e. The Morgan fingerprint density at radius 1 is 1.10 bits per heavy atom. The van der Waals surface area contributed by atoms with E-state index < -0.39 is 5.95 Å². The molecule has 2 aliphatic rings. The summed E-state index contributed by atoms with van der Waals surface area (Å²) in [5, 5.41) is 3.71. The first-order valence-electron chi connectivity index (χ1n) is 10.8. The minimum Gasteiger partial charge on any atom is -0.308 e. The fourth-order valence-corrected chi connectivity index (χ4v) is 5.07. The molecule has 5 rings (SSSR count). The van der Waals surface area contributed by atoms with Gasteiger partial charge in [-0.25, -0.2) is 4.98 Å². The van der Waals surface area contributed by atoms with Gasteiger partial charge in [0.2, 0.25) is 5.95 Å². The highest BCUT2D eigenvalue weighted by Gasteiger charge is 2.28. The summed E-state index contributed by atoms with van der Waals surface area (Å²) in [5.41, 5.74) is 7.28. The van der Waals surface area contributed by atoms with Crippen molar-refractivity contribution in [2.24, 2.45) is 0 Å². The minimum absolute atomic E-state index is 0.351. The number of fused-ring (bicyclic) bond motifs is 2. The summed E-state index contributed by atoms with van der Waals surface area (Å²) < 4.78 is 13.7. The molecule has 2 atom stereocenters. The maximum atomic E-state index is 13.7. The quantitative estimate of drug-likeness (QED) is 0.661. The van der Waals surface area contributed by atoms with Gasteiger partial charge in [-0.3, -0.25) is 9.88 Å². The van der Waals surface area contributed by atoms with Gasteiger partial charge in [-0.15, -0.1) is 0 Å². The molecule has 0 bridgehead atoms. The molecule has 0 amide bonds. The second-order valence-electron chi connectivity index (χ2n) is 8.49. The average Bonchev–Trinajstić information content (AvgIpc) is 2.78. The highest BCUT2D eigenvalue weighted by molar-refractivity contribution is 5.69. The molecule has 0 fully saturated rings. The lowest BCUT2D eigenvalue weighted by Gasteiger charge is -2.36. The predicted octanol–water partition coefficient (Wildman–Crippen LogP) is 4.31. The lowest BCUT2D eigenvalue weighted by Crippen LogP contribution is -2.45. The Morgan fingerprint density at radius 3 is 2.90 bits per heavy atom. The van der Waals surface area contributed by atoms with Crippen LogP contribution >= 0.6 is 0 Å². The number of hydrogen-bond acceptors (Lipinski definition) is 4. The van der Waals surface area contributed by atoms with E-state index in [1.165, 1.54) is 34.9 Å². The molecule has 0 saturated carbocycles. The van der Waals surface area contributed by atoms with Gasteiger partial charge in [0.25, 0.3) is 0 Å². The zero-order chi connectivity index (χ0) is 20.5. The predicted molar refractivity (Wildman–Crippen MR) is 117 cm³/mol. The number of hydrogen-bond donors (Lipinski definition) is 1. The summed E-state index contributed by atoms with van der Waals surface area (Å²) in [5.74, 6) is -0.432. The van der Waals surface area contributed by atoms with E-state index in [1.807, 2.05) is 18.3 Å². The molecule has 0 unspecified atom stereocenters. The molecule has 1 aromatic carbocycles. The Labute approximate surface area is 177 Å². The number of aromatic nitrogens is 2. The lowest BCUT2D eigenvalue weighted by atomic mass is 9.87. The van der Waals surface area contributed by atoms with E-state index in [0.717, 1.165) is 43.5 Å². The van der Waals surface area contributed by atoms with Crippen molar-refractivity contribution in [3.63, 3.8) is 0 Å². The second-order valence-corrected chi connectivity index (χ2v) is 8.49. The summed E-state index contributed by atoms with van der Waals surface area (Å²) >= 11 is 0. The normalized spacial score (nSPS) is 20.6. The Balaban J connectivity index is 1.36. The number of pyridine rings is 2. The highest BCUT2D eigenvalue weighted by atomic mass is 19.1. The standard InChI is InChI=1S/C25H27FN4/c1-30(23-9-3-5-17-7-4-11-28-25(17)23)16-20-14-22-19(15-29-20)6-2-8-21(22)18-10-12-27-24(26)13-18/h2,4,6-8,10-13,20,23,29H,3,5,9,14-16H2,1H3/t20-,23+/m1/s1. The second kappa shape index (κ2) is 8.25. The molecule has 3 heterocycles. The molecule has 2 aromatic heterocycles. The van der Waals surface area contributed by atoms with Gasteiger partial charge < -0.3 is 5.32 Å². The highest BCUT2D eigenvalue weighted by Crippen LogP contribution is 2.33. The number of benzene rings is 1. The lowest BCUT2D eigenvalue weighted by molar-refractivity contribution is 0.191. The number of likely N-dealkylation sites (N-methyl/N-ethyl adjacent to an activating group) is 1. The number of rotatable bonds is 4. The molecule has 4 nitrogen and oxygen atoms in total. The van der Waals surface area contributed by atoms with Crippen LogP contribution in [0.25, 0.3) is 11.1 Å². The van der Waals surface area contributed by atoms with Crippen LogP contribution in [0.1, 0.15) is 41.3 Å². The van der Waals surface area contributed by atoms with Crippen LogP contribution in [0.15, 0.2) is 54.9 Å². The van der Waals surface area contributed by atoms with E-state index in [2.05, 4.69) is 46.5 Å². The first kappa shape index (κ1) is 19.3. The van der Waals surface area contributed by atoms with Crippen molar-refractivity contribution in [1.29, 1.82) is 0 Å². The molecule has 154 valence electrons. The molecule has 1 N–H and O–H groups in total. The smallest absolute Gasteiger partial charge is 0.213 e. The van der Waals surface area contributed by atoms with E-state index in [4.69, 9.17) is 4.98 Å². The minimum atomic E-state index is -0.432. The van der Waals surface area contributed by atoms with Crippen LogP contribution in [0.2, 0.25) is 0 Å². The van der Waals surface area contributed by atoms with Gasteiger partial charge >= 0.3 is 0 Å². The maximum absolute atomic E-state index is 13.7. The fourth-order valence-electron chi connectivity index (χ4n) is 5.07. The van der Waals surface area contributed by atoms with Crippen molar-refractivity contribution in [3.8, 4) is 11.1 Å². The van der Waals surface area contributed by atoms with Gasteiger partial charge in [-0.1, -0.05) is 24.3 Å². The zero-order valence-corrected chi connectivity index (χ0v) is 17.3. The van der Waals surface area contributed by atoms with E-state index >= 15 is 0 Å². The molecule has 1 aliphatic heterocycles. The molecule has 3 aromatic rings. The summed E-state index contributed by atoms with van der Waals surface area (Å²) in [4.78, 5) is 10.9. The molecule has 1 aliphatic carbocycles. The number of halogens is 1. The van der Waals surface area contributed by atoms with Crippen LogP contribution in [0.3, 0.4) is 0 Å². The Kier molecular flexibility index (Phi) is 5.32. The van der Waals surface area contributed by atoms with Gasteiger partial charge in [0, 0.05) is 37.6 Å². The van der Waals surface area contributed by atoms with E-state index in [9.17, 15) is 4.39 Å². The van der Waals surface area contributed by atoms with Crippen LogP contribution in [-0.4, -0.2) is 34.5 Å². The van der Waals surface area contributed by atoms with E-state index in [-0.39, 0.29) is 0 Å². The van der Waals surface area contributed by atoms with Gasteiger partial charge in [0.1, 0.15) is 0 Å². The summed E-state index contributed by atoms with van der Waals surface area (Å²) in [7, 11) is 2.22. The van der Waals surface area contributed by atoms with Crippen molar-refractivity contribution in [1.82, 2.24) is 20.2 Å². The summed E-state index contributed by atoms with van der Waals surface area (Å²) in [6, 6.07) is 14.8. The molecule has 30 heavy (non-hydrogen) atoms. The van der Waals surface area contributed by atoms with Crippen LogP contribution in [-0.2, 0) is 19.4 Å². The average molecular weight is 403 g/mol. The Hall–Kier alpha value is -2.63. The monoisotopic (exact) mass is 402 g/mol. The van der Waals surface area contributed by atoms with Crippen molar-refractivity contribution >= 4 is 0 Å². The van der Waals surface area contributed by atoms with E-state index in [0.29, 0.717) is 12.1 Å². The molecular weight excluding hydrogens is 375 g/mol. The SMILES string of the molecule is CN(C[C@H]1Cc2c(cccc2-c2ccnc(F)c2)CN1)[C@H]1CCCc2cccnc21. The number of nitrogens with zero attached hydrogens (tertiary/aromatic N) is 3. The van der Waals surface area contributed by atoms with Crippen LogP contribution < -0.4 is 5.32 Å². The van der Waals surface area contributed by atoms with Crippen LogP contribution in [0, 0.1) is 5.95 Å². The van der Waals surface area contributed by atoms with Crippen LogP contribution in [0.4, 0.5) is 4.39 Å². The van der Waals surface area contributed by atoms with Crippen molar-refractivity contribution in [2.45, 2.75) is 44.3 Å². The van der Waals surface area contributed by atoms with Gasteiger partial charge in [0.05, 0.1) is 11.7 Å². The zero-order valence-electron chi connectivity index (χ0n) is 17.3. The third-order valence-electron chi connectivity index (χ3n) is 6.55. The van der Waals surface area contributed by atoms with Gasteiger partial charge in [0.15, 0.2) is 0 Å². The summed E-state index contributed by atoms with van der Waals surface area (Å²) in [6.45, 7) is 1.80. The fraction of sp³-hybridized carbons (Fsp3) is 0.360. The first-order valence-corrected chi connectivity index (χ1v) is 10.8. The molecule has 0 saturated heterocycles.